The molecule has 0 aliphatic heterocycles. The summed E-state index contributed by atoms with van der Waals surface area (Å²) < 4.78 is 0.792. The van der Waals surface area contributed by atoms with E-state index in [9.17, 15) is 4.79 Å². The lowest BCUT2D eigenvalue weighted by atomic mass is 9.87. The van der Waals surface area contributed by atoms with E-state index in [2.05, 4.69) is 6.92 Å². The normalized spacial score (nSPS) is 17.9. The van der Waals surface area contributed by atoms with Crippen molar-refractivity contribution in [2.75, 3.05) is 6.54 Å². The van der Waals surface area contributed by atoms with E-state index in [0.717, 1.165) is 28.6 Å². The first-order valence-corrected chi connectivity index (χ1v) is 7.78. The van der Waals surface area contributed by atoms with Crippen molar-refractivity contribution in [3.63, 3.8) is 0 Å². The first-order valence-electron chi connectivity index (χ1n) is 6.59. The van der Waals surface area contributed by atoms with Gasteiger partial charge in [-0.25, -0.2) is 0 Å². The van der Waals surface area contributed by atoms with Gasteiger partial charge in [-0.2, -0.15) is 0 Å². The second-order valence-corrected chi connectivity index (χ2v) is 7.09. The van der Waals surface area contributed by atoms with Crippen LogP contribution in [0, 0.1) is 5.41 Å². The van der Waals surface area contributed by atoms with Crippen molar-refractivity contribution in [3.8, 4) is 0 Å². The van der Waals surface area contributed by atoms with Crippen LogP contribution in [-0.4, -0.2) is 17.4 Å². The minimum absolute atomic E-state index is 0.128. The van der Waals surface area contributed by atoms with Gasteiger partial charge in [0.15, 0.2) is 0 Å². The van der Waals surface area contributed by atoms with E-state index >= 15 is 0 Å². The number of rotatable bonds is 4. The molecule has 100 valence electrons. The Balaban J connectivity index is 2.06. The van der Waals surface area contributed by atoms with Gasteiger partial charge in [-0.05, 0) is 31.9 Å². The molecule has 1 aromatic heterocycles. The Hall–Kier alpha value is -0.540. The molecule has 2 nitrogen and oxygen atoms in total. The molecule has 1 aliphatic carbocycles. The van der Waals surface area contributed by atoms with E-state index in [1.54, 1.807) is 11.3 Å². The van der Waals surface area contributed by atoms with Crippen molar-refractivity contribution in [2.24, 2.45) is 5.41 Å². The topological polar surface area (TPSA) is 20.3 Å². The van der Waals surface area contributed by atoms with Crippen LogP contribution in [0.2, 0.25) is 4.34 Å². The van der Waals surface area contributed by atoms with Gasteiger partial charge < -0.3 is 4.90 Å². The molecule has 4 heteroatoms. The number of carbonyl (C=O) groups excluding carboxylic acids is 1. The first kappa shape index (κ1) is 13.9. The molecular formula is C14H20ClNOS. The average molecular weight is 286 g/mol. The second kappa shape index (κ2) is 5.62. The molecule has 0 saturated heterocycles. The van der Waals surface area contributed by atoms with Crippen LogP contribution < -0.4 is 0 Å². The Morgan fingerprint density at radius 3 is 2.61 bits per heavy atom. The second-order valence-electron chi connectivity index (χ2n) is 5.29. The molecule has 0 atom stereocenters. The molecule has 2 rings (SSSR count). The molecule has 0 bridgehead atoms. The van der Waals surface area contributed by atoms with E-state index in [-0.39, 0.29) is 5.41 Å². The zero-order valence-corrected chi connectivity index (χ0v) is 12.6. The first-order chi connectivity index (χ1) is 8.55. The highest BCUT2D eigenvalue weighted by Crippen LogP contribution is 2.39. The zero-order chi connectivity index (χ0) is 13.2. The Kier molecular flexibility index (Phi) is 4.33. The molecule has 0 unspecified atom stereocenters. The fraction of sp³-hybridized carbons (Fsp3) is 0.643. The Bertz CT molecular complexity index is 423. The molecule has 1 amide bonds. The summed E-state index contributed by atoms with van der Waals surface area (Å²) in [6.45, 7) is 5.63. The summed E-state index contributed by atoms with van der Waals surface area (Å²) >= 11 is 7.50. The number of thiophene rings is 1. The van der Waals surface area contributed by atoms with Crippen molar-refractivity contribution in [1.82, 2.24) is 4.90 Å². The van der Waals surface area contributed by atoms with Crippen molar-refractivity contribution < 1.29 is 4.79 Å². The number of hydrogen-bond donors (Lipinski definition) is 0. The molecule has 1 aromatic rings. The van der Waals surface area contributed by atoms with Gasteiger partial charge in [-0.3, -0.25) is 4.79 Å². The van der Waals surface area contributed by atoms with Crippen molar-refractivity contribution in [1.29, 1.82) is 0 Å². The third-order valence-corrected chi connectivity index (χ3v) is 5.08. The molecular weight excluding hydrogens is 266 g/mol. The van der Waals surface area contributed by atoms with Crippen LogP contribution in [0.1, 0.15) is 44.4 Å². The summed E-state index contributed by atoms with van der Waals surface area (Å²) in [6.07, 6.45) is 4.44. The maximum absolute atomic E-state index is 12.6. The molecule has 0 N–H and O–H groups in total. The summed E-state index contributed by atoms with van der Waals surface area (Å²) in [7, 11) is 0. The van der Waals surface area contributed by atoms with E-state index in [0.29, 0.717) is 12.5 Å². The van der Waals surface area contributed by atoms with Crippen LogP contribution in [0.4, 0.5) is 0 Å². The van der Waals surface area contributed by atoms with Gasteiger partial charge in [0.05, 0.1) is 10.9 Å². The fourth-order valence-corrected chi connectivity index (χ4v) is 3.81. The SMILES string of the molecule is CCN(Cc1ccc(Cl)s1)C(=O)C1(C)CCCC1. The van der Waals surface area contributed by atoms with E-state index in [4.69, 9.17) is 11.6 Å². The zero-order valence-electron chi connectivity index (χ0n) is 11.0. The lowest BCUT2D eigenvalue weighted by molar-refractivity contribution is -0.141. The minimum atomic E-state index is -0.128. The minimum Gasteiger partial charge on any atom is -0.337 e. The summed E-state index contributed by atoms with van der Waals surface area (Å²) in [5, 5.41) is 0. The third kappa shape index (κ3) is 2.89. The average Bonchev–Trinajstić information content (AvgIpc) is 2.95. The van der Waals surface area contributed by atoms with Crippen LogP contribution in [0.3, 0.4) is 0 Å². The predicted octanol–water partition coefficient (Wildman–Crippen LogP) is 4.33. The smallest absolute Gasteiger partial charge is 0.228 e. The van der Waals surface area contributed by atoms with E-state index in [1.165, 1.54) is 12.8 Å². The molecule has 0 aromatic carbocycles. The van der Waals surface area contributed by atoms with Gasteiger partial charge in [0.25, 0.3) is 0 Å². The van der Waals surface area contributed by atoms with Crippen molar-refractivity contribution in [3.05, 3.63) is 21.3 Å². The maximum Gasteiger partial charge on any atom is 0.228 e. The third-order valence-electron chi connectivity index (χ3n) is 3.87. The van der Waals surface area contributed by atoms with Gasteiger partial charge in [-0.1, -0.05) is 31.4 Å². The summed E-state index contributed by atoms with van der Waals surface area (Å²) in [6, 6.07) is 3.91. The molecule has 1 heterocycles. The van der Waals surface area contributed by atoms with Crippen LogP contribution in [0.15, 0.2) is 12.1 Å². The Morgan fingerprint density at radius 1 is 1.44 bits per heavy atom. The van der Waals surface area contributed by atoms with Gasteiger partial charge in [0.1, 0.15) is 0 Å². The molecule has 0 radical (unpaired) electrons. The molecule has 1 fully saturated rings. The lowest BCUT2D eigenvalue weighted by Gasteiger charge is -2.30. The molecule has 1 aliphatic rings. The van der Waals surface area contributed by atoms with Crippen LogP contribution in [-0.2, 0) is 11.3 Å². The van der Waals surface area contributed by atoms with Crippen molar-refractivity contribution >= 4 is 28.8 Å². The van der Waals surface area contributed by atoms with Crippen molar-refractivity contribution in [2.45, 2.75) is 46.1 Å². The maximum atomic E-state index is 12.6. The number of hydrogen-bond acceptors (Lipinski definition) is 2. The van der Waals surface area contributed by atoms with Crippen LogP contribution >= 0.6 is 22.9 Å². The molecule has 0 spiro atoms. The number of carbonyl (C=O) groups is 1. The van der Waals surface area contributed by atoms with Crippen LogP contribution in [0.5, 0.6) is 0 Å². The number of amides is 1. The summed E-state index contributed by atoms with van der Waals surface area (Å²) in [5.41, 5.74) is -0.128. The highest BCUT2D eigenvalue weighted by atomic mass is 35.5. The highest BCUT2D eigenvalue weighted by Gasteiger charge is 2.38. The van der Waals surface area contributed by atoms with Gasteiger partial charge in [0.2, 0.25) is 5.91 Å². The highest BCUT2D eigenvalue weighted by molar-refractivity contribution is 7.16. The largest absolute Gasteiger partial charge is 0.337 e. The fourth-order valence-electron chi connectivity index (χ4n) is 2.70. The number of halogens is 1. The van der Waals surface area contributed by atoms with Gasteiger partial charge in [0, 0.05) is 16.8 Å². The molecule has 18 heavy (non-hydrogen) atoms. The molecule has 1 saturated carbocycles. The van der Waals surface area contributed by atoms with Gasteiger partial charge >= 0.3 is 0 Å². The summed E-state index contributed by atoms with van der Waals surface area (Å²) in [4.78, 5) is 15.7. The summed E-state index contributed by atoms with van der Waals surface area (Å²) in [5.74, 6) is 0.312. The predicted molar refractivity (Wildman–Crippen MR) is 77.0 cm³/mol. The van der Waals surface area contributed by atoms with Gasteiger partial charge in [-0.15, -0.1) is 11.3 Å². The Labute approximate surface area is 118 Å². The number of nitrogens with zero attached hydrogens (tertiary/aromatic N) is 1. The Morgan fingerprint density at radius 2 is 2.11 bits per heavy atom. The quantitative estimate of drug-likeness (QED) is 0.806. The van der Waals surface area contributed by atoms with E-state index in [1.807, 2.05) is 24.0 Å². The lowest BCUT2D eigenvalue weighted by Crippen LogP contribution is -2.40. The monoisotopic (exact) mass is 285 g/mol. The van der Waals surface area contributed by atoms with E-state index < -0.39 is 0 Å². The standard InChI is InChI=1S/C14H20ClNOS/c1-3-16(10-11-6-7-12(15)18-11)13(17)14(2)8-4-5-9-14/h6-7H,3-5,8-10H2,1-2H3. The van der Waals surface area contributed by atoms with Crippen LogP contribution in [0.25, 0.3) is 0 Å².